The summed E-state index contributed by atoms with van der Waals surface area (Å²) >= 11 is 0. The van der Waals surface area contributed by atoms with Crippen molar-refractivity contribution in [2.75, 3.05) is 18.0 Å². The van der Waals surface area contributed by atoms with Gasteiger partial charge in [-0.1, -0.05) is 24.3 Å². The average molecular weight is 309 g/mol. The molecule has 1 aromatic carbocycles. The number of hydrogen-bond acceptors (Lipinski definition) is 3. The van der Waals surface area contributed by atoms with Crippen LogP contribution in [0.4, 0.5) is 5.69 Å². The van der Waals surface area contributed by atoms with Gasteiger partial charge in [0.1, 0.15) is 6.54 Å². The van der Waals surface area contributed by atoms with E-state index in [1.165, 1.54) is 12.5 Å². The highest BCUT2D eigenvalue weighted by molar-refractivity contribution is 5.98. The van der Waals surface area contributed by atoms with Gasteiger partial charge in [-0.05, 0) is 29.7 Å². The molecule has 0 saturated carbocycles. The van der Waals surface area contributed by atoms with E-state index in [9.17, 15) is 9.59 Å². The Bertz CT molecular complexity index is 715. The van der Waals surface area contributed by atoms with Crippen LogP contribution < -0.4 is 4.90 Å². The second-order valence-electron chi connectivity index (χ2n) is 5.66. The molecule has 0 saturated heterocycles. The molecule has 1 aliphatic heterocycles. The summed E-state index contributed by atoms with van der Waals surface area (Å²) in [5.74, 6) is -0.163. The van der Waals surface area contributed by atoms with Crippen molar-refractivity contribution in [3.63, 3.8) is 0 Å². The maximum absolute atomic E-state index is 12.6. The van der Waals surface area contributed by atoms with Crippen LogP contribution in [0.25, 0.3) is 0 Å². The third-order valence-corrected chi connectivity index (χ3v) is 4.06. The molecule has 0 radical (unpaired) electrons. The first kappa shape index (κ1) is 15.2. The molecule has 23 heavy (non-hydrogen) atoms. The second kappa shape index (κ2) is 6.60. The number of hydrogen-bond donors (Lipinski definition) is 0. The molecule has 0 unspecified atom stereocenters. The topological polar surface area (TPSA) is 53.5 Å². The molecular weight excluding hydrogens is 290 g/mol. The molecule has 1 aromatic heterocycles. The first-order valence-corrected chi connectivity index (χ1v) is 7.68. The molecular formula is C18H19N3O2. The van der Waals surface area contributed by atoms with Crippen LogP contribution in [0.5, 0.6) is 0 Å². The largest absolute Gasteiger partial charge is 0.329 e. The molecule has 3 rings (SSSR count). The molecule has 5 heteroatoms. The normalized spacial score (nSPS) is 12.8. The molecule has 2 aromatic rings. The van der Waals surface area contributed by atoms with Gasteiger partial charge >= 0.3 is 0 Å². The zero-order chi connectivity index (χ0) is 16.2. The van der Waals surface area contributed by atoms with Crippen LogP contribution in [-0.4, -0.2) is 34.8 Å². The lowest BCUT2D eigenvalue weighted by molar-refractivity contribution is -0.134. The number of anilines is 1. The lowest BCUT2D eigenvalue weighted by Gasteiger charge is -2.24. The standard InChI is InChI=1S/C18H19N3O2/c1-14(22)20(12-15-5-4-9-19-11-15)13-18(23)21-10-8-16-6-2-3-7-17(16)21/h2-7,9,11H,8,10,12-13H2,1H3. The summed E-state index contributed by atoms with van der Waals surface area (Å²) in [5, 5.41) is 0. The van der Waals surface area contributed by atoms with Crippen molar-refractivity contribution >= 4 is 17.5 Å². The van der Waals surface area contributed by atoms with Crippen molar-refractivity contribution in [3.05, 3.63) is 59.9 Å². The van der Waals surface area contributed by atoms with E-state index in [1.807, 2.05) is 36.4 Å². The highest BCUT2D eigenvalue weighted by Crippen LogP contribution is 2.27. The summed E-state index contributed by atoms with van der Waals surface area (Å²) in [6.07, 6.45) is 4.27. The molecule has 0 atom stereocenters. The van der Waals surface area contributed by atoms with E-state index in [4.69, 9.17) is 0 Å². The van der Waals surface area contributed by atoms with Gasteiger partial charge in [-0.25, -0.2) is 0 Å². The van der Waals surface area contributed by atoms with E-state index in [1.54, 1.807) is 22.2 Å². The summed E-state index contributed by atoms with van der Waals surface area (Å²) in [7, 11) is 0. The highest BCUT2D eigenvalue weighted by atomic mass is 16.2. The van der Waals surface area contributed by atoms with E-state index in [0.29, 0.717) is 13.1 Å². The molecule has 0 N–H and O–H groups in total. The Labute approximate surface area is 135 Å². The van der Waals surface area contributed by atoms with Crippen molar-refractivity contribution in [2.24, 2.45) is 0 Å². The quantitative estimate of drug-likeness (QED) is 0.868. The number of nitrogens with zero attached hydrogens (tertiary/aromatic N) is 3. The van der Waals surface area contributed by atoms with Gasteiger partial charge in [0, 0.05) is 38.1 Å². The number of amides is 2. The van der Waals surface area contributed by atoms with Crippen molar-refractivity contribution in [1.29, 1.82) is 0 Å². The molecule has 1 aliphatic rings. The molecule has 0 aliphatic carbocycles. The highest BCUT2D eigenvalue weighted by Gasteiger charge is 2.26. The Morgan fingerprint density at radius 1 is 1.22 bits per heavy atom. The van der Waals surface area contributed by atoms with Gasteiger partial charge in [-0.2, -0.15) is 0 Å². The fourth-order valence-corrected chi connectivity index (χ4v) is 2.84. The SMILES string of the molecule is CC(=O)N(CC(=O)N1CCc2ccccc21)Cc1cccnc1. The fourth-order valence-electron chi connectivity index (χ4n) is 2.84. The van der Waals surface area contributed by atoms with Gasteiger partial charge in [-0.15, -0.1) is 0 Å². The molecule has 0 spiro atoms. The first-order chi connectivity index (χ1) is 11.1. The molecule has 2 amide bonds. The number of fused-ring (bicyclic) bond motifs is 1. The first-order valence-electron chi connectivity index (χ1n) is 7.68. The van der Waals surface area contributed by atoms with Gasteiger partial charge in [-0.3, -0.25) is 14.6 Å². The third-order valence-electron chi connectivity index (χ3n) is 4.06. The van der Waals surface area contributed by atoms with Crippen LogP contribution in [0.15, 0.2) is 48.8 Å². The Morgan fingerprint density at radius 2 is 2.04 bits per heavy atom. The Kier molecular flexibility index (Phi) is 4.37. The van der Waals surface area contributed by atoms with Gasteiger partial charge in [0.2, 0.25) is 11.8 Å². The lowest BCUT2D eigenvalue weighted by Crippen LogP contribution is -2.41. The molecule has 0 bridgehead atoms. The predicted octanol–water partition coefficient (Wildman–Crippen LogP) is 2.02. The van der Waals surface area contributed by atoms with Crippen LogP contribution >= 0.6 is 0 Å². The number of pyridine rings is 1. The number of carbonyl (C=O) groups is 2. The molecule has 2 heterocycles. The average Bonchev–Trinajstić information content (AvgIpc) is 2.99. The van der Waals surface area contributed by atoms with Gasteiger partial charge in [0.05, 0.1) is 0 Å². The van der Waals surface area contributed by atoms with Crippen LogP contribution in [0.1, 0.15) is 18.1 Å². The second-order valence-corrected chi connectivity index (χ2v) is 5.66. The number of para-hydroxylation sites is 1. The minimum atomic E-state index is -0.116. The number of benzene rings is 1. The van der Waals surface area contributed by atoms with Crippen LogP contribution in [0.2, 0.25) is 0 Å². The van der Waals surface area contributed by atoms with Crippen molar-refractivity contribution < 1.29 is 9.59 Å². The number of aromatic nitrogens is 1. The number of carbonyl (C=O) groups excluding carboxylic acids is 2. The molecule has 5 nitrogen and oxygen atoms in total. The summed E-state index contributed by atoms with van der Waals surface area (Å²) in [4.78, 5) is 31.9. The summed E-state index contributed by atoms with van der Waals surface area (Å²) in [5.41, 5.74) is 3.06. The van der Waals surface area contributed by atoms with Crippen LogP contribution in [0.3, 0.4) is 0 Å². The minimum absolute atomic E-state index is 0.0472. The fraction of sp³-hybridized carbons (Fsp3) is 0.278. The van der Waals surface area contributed by atoms with Crippen LogP contribution in [0, 0.1) is 0 Å². The van der Waals surface area contributed by atoms with Gasteiger partial charge in [0.25, 0.3) is 0 Å². The minimum Gasteiger partial charge on any atom is -0.329 e. The Hall–Kier alpha value is -2.69. The van der Waals surface area contributed by atoms with Crippen LogP contribution in [-0.2, 0) is 22.6 Å². The van der Waals surface area contributed by atoms with Crippen molar-refractivity contribution in [2.45, 2.75) is 19.9 Å². The smallest absolute Gasteiger partial charge is 0.246 e. The Balaban J connectivity index is 1.71. The zero-order valence-corrected chi connectivity index (χ0v) is 13.1. The molecule has 118 valence electrons. The Morgan fingerprint density at radius 3 is 2.78 bits per heavy atom. The third kappa shape index (κ3) is 3.39. The van der Waals surface area contributed by atoms with Gasteiger partial charge < -0.3 is 9.80 Å². The van der Waals surface area contributed by atoms with E-state index in [2.05, 4.69) is 4.98 Å². The molecule has 0 fully saturated rings. The number of rotatable bonds is 4. The summed E-state index contributed by atoms with van der Waals surface area (Å²) in [6.45, 7) is 2.64. The lowest BCUT2D eigenvalue weighted by atomic mass is 10.2. The zero-order valence-electron chi connectivity index (χ0n) is 13.1. The van der Waals surface area contributed by atoms with Crippen molar-refractivity contribution in [1.82, 2.24) is 9.88 Å². The predicted molar refractivity (Wildman–Crippen MR) is 87.8 cm³/mol. The maximum atomic E-state index is 12.6. The monoisotopic (exact) mass is 309 g/mol. The van der Waals surface area contributed by atoms with Crippen molar-refractivity contribution in [3.8, 4) is 0 Å². The van der Waals surface area contributed by atoms with Gasteiger partial charge in [0.15, 0.2) is 0 Å². The summed E-state index contributed by atoms with van der Waals surface area (Å²) in [6, 6.07) is 11.6. The van der Waals surface area contributed by atoms with E-state index in [-0.39, 0.29) is 18.4 Å². The van der Waals surface area contributed by atoms with E-state index < -0.39 is 0 Å². The van der Waals surface area contributed by atoms with E-state index in [0.717, 1.165) is 17.7 Å². The maximum Gasteiger partial charge on any atom is 0.246 e. The summed E-state index contributed by atoms with van der Waals surface area (Å²) < 4.78 is 0. The van der Waals surface area contributed by atoms with E-state index >= 15 is 0 Å².